The average Bonchev–Trinajstić information content (AvgIpc) is 3.55. The van der Waals surface area contributed by atoms with Crippen LogP contribution in [0.1, 0.15) is 156 Å². The SMILES string of the molecule is CCCCCCCCCCCCCCCCCCc1ccc(C2C3C(=O)OC(=O)C3c3ccccc3C2C2CC(=O)OC2=O)cc1. The molecule has 0 radical (unpaired) electrons. The standard InChI is InChI=1S/C40H52O6/c1-2-3-4-5-6-7-8-9-10-11-12-13-14-15-16-17-20-28-23-25-29(26-24-28)34-35(32-27-33(41)45-38(32)42)30-21-18-19-22-31(30)36-37(34)40(44)46-39(36)43/h18-19,21-26,32,34-37H,2-17,20,27H2,1H3. The Morgan fingerprint density at radius 2 is 1.09 bits per heavy atom. The van der Waals surface area contributed by atoms with E-state index in [0.29, 0.717) is 5.56 Å². The van der Waals surface area contributed by atoms with Crippen molar-refractivity contribution in [1.29, 1.82) is 0 Å². The number of aryl methyl sites for hydroxylation is 1. The van der Waals surface area contributed by atoms with E-state index in [-0.39, 0.29) is 6.42 Å². The summed E-state index contributed by atoms with van der Waals surface area (Å²) in [6.45, 7) is 2.27. The van der Waals surface area contributed by atoms with Gasteiger partial charge in [0.25, 0.3) is 0 Å². The fourth-order valence-electron chi connectivity index (χ4n) is 8.13. The summed E-state index contributed by atoms with van der Waals surface area (Å²) in [6.07, 6.45) is 22.5. The molecule has 0 N–H and O–H groups in total. The van der Waals surface area contributed by atoms with Crippen molar-refractivity contribution in [3.8, 4) is 0 Å². The molecule has 6 nitrogen and oxygen atoms in total. The second kappa shape index (κ2) is 17.0. The summed E-state index contributed by atoms with van der Waals surface area (Å²) < 4.78 is 10.1. The summed E-state index contributed by atoms with van der Waals surface area (Å²) in [7, 11) is 0. The van der Waals surface area contributed by atoms with Gasteiger partial charge in [-0.2, -0.15) is 0 Å². The van der Waals surface area contributed by atoms with Crippen LogP contribution in [0.15, 0.2) is 48.5 Å². The summed E-state index contributed by atoms with van der Waals surface area (Å²) in [5.41, 5.74) is 3.63. The van der Waals surface area contributed by atoms with Crippen molar-refractivity contribution in [3.05, 3.63) is 70.8 Å². The summed E-state index contributed by atoms with van der Waals surface area (Å²) in [6, 6.07) is 15.7. The molecule has 1 aliphatic carbocycles. The molecule has 2 aromatic rings. The minimum absolute atomic E-state index is 0.0357. The lowest BCUT2D eigenvalue weighted by Gasteiger charge is -2.40. The predicted octanol–water partition coefficient (Wildman–Crippen LogP) is 9.24. The van der Waals surface area contributed by atoms with Crippen molar-refractivity contribution in [1.82, 2.24) is 0 Å². The maximum atomic E-state index is 13.1. The summed E-state index contributed by atoms with van der Waals surface area (Å²) in [5.74, 6) is -5.35. The molecular formula is C40H52O6. The Labute approximate surface area is 275 Å². The molecule has 2 aliphatic heterocycles. The zero-order valence-corrected chi connectivity index (χ0v) is 27.7. The smallest absolute Gasteiger partial charge is 0.321 e. The third-order valence-electron chi connectivity index (χ3n) is 10.6. The van der Waals surface area contributed by atoms with E-state index in [0.717, 1.165) is 24.0 Å². The molecule has 0 amide bonds. The number of esters is 4. The number of hydrogen-bond acceptors (Lipinski definition) is 6. The van der Waals surface area contributed by atoms with Crippen LogP contribution in [0.4, 0.5) is 0 Å². The Bertz CT molecular complexity index is 1330. The predicted molar refractivity (Wildman–Crippen MR) is 178 cm³/mol. The van der Waals surface area contributed by atoms with Crippen molar-refractivity contribution in [2.75, 3.05) is 0 Å². The van der Waals surface area contributed by atoms with Crippen molar-refractivity contribution in [3.63, 3.8) is 0 Å². The second-order valence-electron chi connectivity index (χ2n) is 13.8. The third-order valence-corrected chi connectivity index (χ3v) is 10.6. The van der Waals surface area contributed by atoms with Crippen molar-refractivity contribution >= 4 is 23.9 Å². The summed E-state index contributed by atoms with van der Waals surface area (Å²) in [4.78, 5) is 51.0. The molecule has 0 bridgehead atoms. The van der Waals surface area contributed by atoms with Crippen molar-refractivity contribution in [2.24, 2.45) is 11.8 Å². The number of carbonyl (C=O) groups excluding carboxylic acids is 4. The maximum absolute atomic E-state index is 13.1. The first-order valence-corrected chi connectivity index (χ1v) is 18.2. The van der Waals surface area contributed by atoms with Gasteiger partial charge in [0, 0.05) is 11.8 Å². The van der Waals surface area contributed by atoms with E-state index in [9.17, 15) is 19.2 Å². The molecule has 0 saturated carbocycles. The van der Waals surface area contributed by atoms with Gasteiger partial charge >= 0.3 is 23.9 Å². The molecule has 5 atom stereocenters. The maximum Gasteiger partial charge on any atom is 0.321 e. The average molecular weight is 629 g/mol. The largest absolute Gasteiger partial charge is 0.393 e. The number of unbranched alkanes of at least 4 members (excludes halogenated alkanes) is 15. The Balaban J connectivity index is 1.09. The minimum atomic E-state index is -0.748. The molecule has 5 unspecified atom stereocenters. The van der Waals surface area contributed by atoms with E-state index in [2.05, 4.69) is 19.1 Å². The topological polar surface area (TPSA) is 86.7 Å². The van der Waals surface area contributed by atoms with Gasteiger partial charge in [0.2, 0.25) is 0 Å². The molecule has 0 aromatic heterocycles. The van der Waals surface area contributed by atoms with Crippen LogP contribution in [0, 0.1) is 11.8 Å². The molecule has 2 fully saturated rings. The first kappa shape index (κ1) is 34.1. The minimum Gasteiger partial charge on any atom is -0.393 e. The summed E-state index contributed by atoms with van der Waals surface area (Å²) >= 11 is 0. The van der Waals surface area contributed by atoms with Crippen LogP contribution in [-0.2, 0) is 35.1 Å². The van der Waals surface area contributed by atoms with Gasteiger partial charge in [0.05, 0.1) is 24.2 Å². The van der Waals surface area contributed by atoms with Crippen LogP contribution < -0.4 is 0 Å². The number of rotatable bonds is 19. The number of cyclic esters (lactones) is 4. The fraction of sp³-hybridized carbons (Fsp3) is 0.600. The second-order valence-corrected chi connectivity index (χ2v) is 13.8. The highest BCUT2D eigenvalue weighted by Crippen LogP contribution is 2.58. The molecule has 2 saturated heterocycles. The number of carbonyl (C=O) groups is 4. The van der Waals surface area contributed by atoms with Gasteiger partial charge in [-0.15, -0.1) is 0 Å². The summed E-state index contributed by atoms with van der Waals surface area (Å²) in [5, 5.41) is 0. The molecular weight excluding hydrogens is 576 g/mol. The molecule has 5 rings (SSSR count). The van der Waals surface area contributed by atoms with Crippen LogP contribution in [0.25, 0.3) is 0 Å². The van der Waals surface area contributed by atoms with E-state index in [4.69, 9.17) is 9.47 Å². The Hall–Kier alpha value is -3.28. The van der Waals surface area contributed by atoms with Gasteiger partial charge in [0.1, 0.15) is 0 Å². The Morgan fingerprint density at radius 1 is 0.543 bits per heavy atom. The van der Waals surface area contributed by atoms with E-state index < -0.39 is 53.5 Å². The molecule has 46 heavy (non-hydrogen) atoms. The lowest BCUT2D eigenvalue weighted by Crippen LogP contribution is -2.38. The number of fused-ring (bicyclic) bond motifs is 3. The van der Waals surface area contributed by atoms with Gasteiger partial charge in [-0.1, -0.05) is 152 Å². The zero-order valence-electron chi connectivity index (χ0n) is 27.7. The highest BCUT2D eigenvalue weighted by molar-refractivity contribution is 6.02. The highest BCUT2D eigenvalue weighted by Gasteiger charge is 2.59. The van der Waals surface area contributed by atoms with Gasteiger partial charge in [-0.25, -0.2) is 0 Å². The third kappa shape index (κ3) is 8.35. The molecule has 2 aromatic carbocycles. The molecule has 3 aliphatic rings. The van der Waals surface area contributed by atoms with Crippen molar-refractivity contribution in [2.45, 2.75) is 140 Å². The van der Waals surface area contributed by atoms with Crippen molar-refractivity contribution < 1.29 is 28.7 Å². The first-order valence-electron chi connectivity index (χ1n) is 18.2. The van der Waals surface area contributed by atoms with E-state index in [1.807, 2.05) is 36.4 Å². The monoisotopic (exact) mass is 628 g/mol. The number of hydrogen-bond donors (Lipinski definition) is 0. The highest BCUT2D eigenvalue weighted by atomic mass is 16.6. The van der Waals surface area contributed by atoms with Crippen LogP contribution in [-0.4, -0.2) is 23.9 Å². The van der Waals surface area contributed by atoms with E-state index in [1.165, 1.54) is 102 Å². The normalized spacial score (nSPS) is 23.7. The van der Waals surface area contributed by atoms with Gasteiger partial charge in [-0.3, -0.25) is 19.2 Å². The van der Waals surface area contributed by atoms with Crippen LogP contribution >= 0.6 is 0 Å². The Kier molecular flexibility index (Phi) is 12.6. The lowest BCUT2D eigenvalue weighted by atomic mass is 9.59. The van der Waals surface area contributed by atoms with E-state index >= 15 is 0 Å². The first-order chi connectivity index (χ1) is 22.5. The Morgan fingerprint density at radius 3 is 1.63 bits per heavy atom. The number of ether oxygens (including phenoxy) is 2. The molecule has 2 heterocycles. The number of benzene rings is 2. The van der Waals surface area contributed by atoms with Crippen LogP contribution in [0.3, 0.4) is 0 Å². The van der Waals surface area contributed by atoms with Crippen LogP contribution in [0.2, 0.25) is 0 Å². The van der Waals surface area contributed by atoms with Gasteiger partial charge in [0.15, 0.2) is 0 Å². The van der Waals surface area contributed by atoms with Gasteiger partial charge in [-0.05, 0) is 35.1 Å². The van der Waals surface area contributed by atoms with E-state index in [1.54, 1.807) is 0 Å². The molecule has 6 heteroatoms. The zero-order chi connectivity index (χ0) is 32.3. The van der Waals surface area contributed by atoms with Gasteiger partial charge < -0.3 is 9.47 Å². The van der Waals surface area contributed by atoms with Crippen LogP contribution in [0.5, 0.6) is 0 Å². The fourth-order valence-corrected chi connectivity index (χ4v) is 8.13. The molecule has 0 spiro atoms. The quantitative estimate of drug-likeness (QED) is 0.0876. The lowest BCUT2D eigenvalue weighted by molar-refractivity contribution is -0.155. The molecule has 248 valence electrons.